The van der Waals surface area contributed by atoms with E-state index in [2.05, 4.69) is 21.2 Å². The average molecular weight is 371 g/mol. The van der Waals surface area contributed by atoms with Crippen molar-refractivity contribution in [2.75, 3.05) is 11.1 Å². The number of nitrogens with one attached hydrogen (secondary N) is 1. The maximum atomic E-state index is 12.1. The fourth-order valence-corrected chi connectivity index (χ4v) is 2.01. The molecule has 0 radical (unpaired) electrons. The number of rotatable bonds is 3. The van der Waals surface area contributed by atoms with Crippen molar-refractivity contribution in [3.8, 4) is 0 Å². The summed E-state index contributed by atoms with van der Waals surface area (Å²) in [6.45, 7) is 0. The topological polar surface area (TPSA) is 98.3 Å². The normalized spacial score (nSPS) is 10.2. The van der Waals surface area contributed by atoms with Gasteiger partial charge in [0.25, 0.3) is 11.6 Å². The highest BCUT2D eigenvalue weighted by Crippen LogP contribution is 2.27. The largest absolute Gasteiger partial charge is 0.398 e. The van der Waals surface area contributed by atoms with Crippen LogP contribution in [-0.2, 0) is 0 Å². The SMILES string of the molecule is Nc1cc(C(=O)Nc2cc([N+](=O)[O-])ccc2Cl)ccc1Br. The number of carbonyl (C=O) groups is 1. The van der Waals surface area contributed by atoms with E-state index < -0.39 is 10.8 Å². The molecule has 0 bridgehead atoms. The number of anilines is 2. The monoisotopic (exact) mass is 369 g/mol. The lowest BCUT2D eigenvalue weighted by Gasteiger charge is -2.08. The zero-order valence-corrected chi connectivity index (χ0v) is 12.8. The van der Waals surface area contributed by atoms with Crippen LogP contribution < -0.4 is 11.1 Å². The number of carbonyl (C=O) groups excluding carboxylic acids is 1. The predicted molar refractivity (Wildman–Crippen MR) is 84.6 cm³/mol. The van der Waals surface area contributed by atoms with Gasteiger partial charge in [0, 0.05) is 27.9 Å². The lowest BCUT2D eigenvalue weighted by Crippen LogP contribution is -2.12. The zero-order chi connectivity index (χ0) is 15.6. The molecule has 0 saturated heterocycles. The van der Waals surface area contributed by atoms with Crippen molar-refractivity contribution in [3.63, 3.8) is 0 Å². The van der Waals surface area contributed by atoms with E-state index in [0.29, 0.717) is 15.7 Å². The Labute approximate surface area is 133 Å². The molecule has 2 aromatic carbocycles. The second kappa shape index (κ2) is 6.11. The van der Waals surface area contributed by atoms with E-state index in [1.807, 2.05) is 0 Å². The van der Waals surface area contributed by atoms with Crippen LogP contribution in [0.5, 0.6) is 0 Å². The van der Waals surface area contributed by atoms with Crippen LogP contribution in [0.4, 0.5) is 17.1 Å². The summed E-state index contributed by atoms with van der Waals surface area (Å²) in [6, 6.07) is 8.51. The fraction of sp³-hybridized carbons (Fsp3) is 0. The third kappa shape index (κ3) is 3.50. The Morgan fingerprint density at radius 2 is 2.00 bits per heavy atom. The molecule has 0 atom stereocenters. The lowest BCUT2D eigenvalue weighted by atomic mass is 10.2. The number of non-ortho nitro benzene ring substituents is 1. The number of nitro benzene ring substituents is 1. The first kappa shape index (κ1) is 15.3. The molecule has 21 heavy (non-hydrogen) atoms. The number of nitrogens with zero attached hydrogens (tertiary/aromatic N) is 1. The number of nitrogens with two attached hydrogens (primary N) is 1. The van der Waals surface area contributed by atoms with Crippen molar-refractivity contribution in [2.24, 2.45) is 0 Å². The Kier molecular flexibility index (Phi) is 4.44. The van der Waals surface area contributed by atoms with Crippen LogP contribution in [0.2, 0.25) is 5.02 Å². The molecule has 6 nitrogen and oxygen atoms in total. The molecule has 2 aromatic rings. The first-order valence-corrected chi connectivity index (χ1v) is 6.86. The van der Waals surface area contributed by atoms with Crippen LogP contribution in [-0.4, -0.2) is 10.8 Å². The Morgan fingerprint density at radius 1 is 1.29 bits per heavy atom. The van der Waals surface area contributed by atoms with Gasteiger partial charge in [0.05, 0.1) is 15.6 Å². The third-order valence-corrected chi connectivity index (χ3v) is 3.72. The molecule has 0 aliphatic heterocycles. The van der Waals surface area contributed by atoms with Gasteiger partial charge in [-0.15, -0.1) is 0 Å². The van der Waals surface area contributed by atoms with Gasteiger partial charge in [0.2, 0.25) is 0 Å². The van der Waals surface area contributed by atoms with Crippen molar-refractivity contribution < 1.29 is 9.72 Å². The van der Waals surface area contributed by atoms with E-state index in [0.717, 1.165) is 0 Å². The number of benzene rings is 2. The van der Waals surface area contributed by atoms with Crippen molar-refractivity contribution in [1.82, 2.24) is 0 Å². The summed E-state index contributed by atoms with van der Waals surface area (Å²) < 4.78 is 0.674. The Hall–Kier alpha value is -2.12. The highest BCUT2D eigenvalue weighted by Gasteiger charge is 2.13. The molecule has 0 aliphatic carbocycles. The van der Waals surface area contributed by atoms with Crippen molar-refractivity contribution in [1.29, 1.82) is 0 Å². The highest BCUT2D eigenvalue weighted by molar-refractivity contribution is 9.10. The van der Waals surface area contributed by atoms with E-state index in [1.165, 1.54) is 24.3 Å². The van der Waals surface area contributed by atoms with Gasteiger partial charge < -0.3 is 11.1 Å². The molecule has 0 heterocycles. The highest BCUT2D eigenvalue weighted by atomic mass is 79.9. The summed E-state index contributed by atoms with van der Waals surface area (Å²) in [4.78, 5) is 22.3. The Morgan fingerprint density at radius 3 is 2.62 bits per heavy atom. The smallest absolute Gasteiger partial charge is 0.271 e. The van der Waals surface area contributed by atoms with Gasteiger partial charge in [-0.3, -0.25) is 14.9 Å². The van der Waals surface area contributed by atoms with E-state index in [-0.39, 0.29) is 16.4 Å². The molecule has 8 heteroatoms. The van der Waals surface area contributed by atoms with Gasteiger partial charge in [0.1, 0.15) is 0 Å². The minimum Gasteiger partial charge on any atom is -0.398 e. The Bertz CT molecular complexity index is 737. The maximum absolute atomic E-state index is 12.1. The summed E-state index contributed by atoms with van der Waals surface area (Å²) in [5.41, 5.74) is 6.43. The first-order chi connectivity index (χ1) is 9.88. The standard InChI is InChI=1S/C13H9BrClN3O3/c14-9-3-1-7(5-11(9)16)13(19)17-12-6-8(18(20)21)2-4-10(12)15/h1-6H,16H2,(H,17,19). The lowest BCUT2D eigenvalue weighted by molar-refractivity contribution is -0.384. The number of nitrogen functional groups attached to an aromatic ring is 1. The van der Waals surface area contributed by atoms with Crippen molar-refractivity contribution >= 4 is 50.5 Å². The Balaban J connectivity index is 2.28. The summed E-state index contributed by atoms with van der Waals surface area (Å²) in [5.74, 6) is -0.461. The first-order valence-electron chi connectivity index (χ1n) is 5.69. The molecule has 0 aliphatic rings. The van der Waals surface area contributed by atoms with Crippen LogP contribution in [0.15, 0.2) is 40.9 Å². The minimum atomic E-state index is -0.566. The number of amides is 1. The van der Waals surface area contributed by atoms with E-state index in [1.54, 1.807) is 12.1 Å². The quantitative estimate of drug-likeness (QED) is 0.487. The molecule has 0 spiro atoms. The summed E-state index contributed by atoms with van der Waals surface area (Å²) >= 11 is 9.15. The molecule has 2 rings (SSSR count). The number of hydrogen-bond donors (Lipinski definition) is 2. The second-order valence-corrected chi connectivity index (χ2v) is 5.37. The van der Waals surface area contributed by atoms with Crippen LogP contribution in [0.25, 0.3) is 0 Å². The zero-order valence-electron chi connectivity index (χ0n) is 10.5. The van der Waals surface area contributed by atoms with Crippen LogP contribution in [0.1, 0.15) is 10.4 Å². The van der Waals surface area contributed by atoms with E-state index >= 15 is 0 Å². The summed E-state index contributed by atoms with van der Waals surface area (Å²) in [7, 11) is 0. The van der Waals surface area contributed by atoms with Gasteiger partial charge >= 0.3 is 0 Å². The molecule has 0 fully saturated rings. The van der Waals surface area contributed by atoms with Gasteiger partial charge in [-0.2, -0.15) is 0 Å². The van der Waals surface area contributed by atoms with Gasteiger partial charge in [-0.1, -0.05) is 11.6 Å². The third-order valence-electron chi connectivity index (χ3n) is 2.67. The molecule has 0 saturated carbocycles. The fourth-order valence-electron chi connectivity index (χ4n) is 1.60. The summed E-state index contributed by atoms with van der Waals surface area (Å²) in [5, 5.41) is 13.5. The molecular weight excluding hydrogens is 362 g/mol. The molecule has 108 valence electrons. The predicted octanol–water partition coefficient (Wildman–Crippen LogP) is 3.85. The van der Waals surface area contributed by atoms with Crippen molar-refractivity contribution in [3.05, 3.63) is 61.6 Å². The average Bonchev–Trinajstić information content (AvgIpc) is 2.43. The molecule has 1 amide bonds. The molecular formula is C13H9BrClN3O3. The van der Waals surface area contributed by atoms with Crippen molar-refractivity contribution in [2.45, 2.75) is 0 Å². The molecule has 3 N–H and O–H groups in total. The van der Waals surface area contributed by atoms with Crippen LogP contribution in [0.3, 0.4) is 0 Å². The van der Waals surface area contributed by atoms with Gasteiger partial charge in [-0.05, 0) is 40.2 Å². The second-order valence-electron chi connectivity index (χ2n) is 4.11. The number of halogens is 2. The minimum absolute atomic E-state index is 0.162. The summed E-state index contributed by atoms with van der Waals surface area (Å²) in [6.07, 6.45) is 0. The van der Waals surface area contributed by atoms with Crippen LogP contribution in [0, 0.1) is 10.1 Å². The van der Waals surface area contributed by atoms with Gasteiger partial charge in [-0.25, -0.2) is 0 Å². The number of nitro groups is 1. The molecule has 0 aromatic heterocycles. The van der Waals surface area contributed by atoms with Crippen LogP contribution >= 0.6 is 27.5 Å². The van der Waals surface area contributed by atoms with Gasteiger partial charge in [0.15, 0.2) is 0 Å². The van der Waals surface area contributed by atoms with E-state index in [9.17, 15) is 14.9 Å². The van der Waals surface area contributed by atoms with E-state index in [4.69, 9.17) is 17.3 Å². The number of hydrogen-bond acceptors (Lipinski definition) is 4. The maximum Gasteiger partial charge on any atom is 0.271 e. The molecule has 0 unspecified atom stereocenters.